The maximum atomic E-state index is 5.44. The number of hydrazine groups is 1. The molecule has 21 heavy (non-hydrogen) atoms. The molecule has 0 atom stereocenters. The molecule has 0 spiro atoms. The number of hydrogen-bond donors (Lipinski definition) is 2. The van der Waals surface area contributed by atoms with Crippen LogP contribution in [0.15, 0.2) is 51.9 Å². The molecule has 3 rings (SSSR count). The van der Waals surface area contributed by atoms with Crippen molar-refractivity contribution in [2.75, 3.05) is 11.7 Å². The van der Waals surface area contributed by atoms with Crippen molar-refractivity contribution in [3.8, 4) is 0 Å². The molecule has 0 amide bonds. The van der Waals surface area contributed by atoms with Crippen molar-refractivity contribution >= 4 is 40.2 Å². The van der Waals surface area contributed by atoms with Crippen molar-refractivity contribution in [1.29, 1.82) is 0 Å². The summed E-state index contributed by atoms with van der Waals surface area (Å²) in [6, 6.07) is 9.67. The van der Waals surface area contributed by atoms with E-state index in [1.54, 1.807) is 12.4 Å². The molecule has 3 aromatic rings. The summed E-state index contributed by atoms with van der Waals surface area (Å²) in [7, 11) is 0. The van der Waals surface area contributed by atoms with Crippen LogP contribution < -0.4 is 11.3 Å². The van der Waals surface area contributed by atoms with Crippen LogP contribution in [0, 0.1) is 0 Å². The highest BCUT2D eigenvalue weighted by atomic mass is 32.2. The van der Waals surface area contributed by atoms with Crippen LogP contribution in [0.3, 0.4) is 0 Å². The molecule has 0 saturated carbocycles. The molecule has 0 aliphatic rings. The Balaban J connectivity index is 2.02. The van der Waals surface area contributed by atoms with Gasteiger partial charge in [-0.05, 0) is 24.1 Å². The molecular formula is C13H12N6S2. The number of anilines is 1. The first kappa shape index (κ1) is 14.1. The minimum Gasteiger partial charge on any atom is -0.308 e. The molecule has 0 aliphatic carbocycles. The zero-order valence-electron chi connectivity index (χ0n) is 11.1. The number of aromatic nitrogens is 4. The zero-order chi connectivity index (χ0) is 14.7. The van der Waals surface area contributed by atoms with Gasteiger partial charge in [0.25, 0.3) is 0 Å². The first-order valence-corrected chi connectivity index (χ1v) is 8.11. The predicted molar refractivity (Wildman–Crippen MR) is 85.3 cm³/mol. The Bertz CT molecular complexity index is 752. The number of benzene rings is 1. The van der Waals surface area contributed by atoms with E-state index in [9.17, 15) is 0 Å². The van der Waals surface area contributed by atoms with E-state index in [0.717, 1.165) is 21.0 Å². The van der Waals surface area contributed by atoms with Gasteiger partial charge in [-0.15, -0.1) is 0 Å². The largest absolute Gasteiger partial charge is 0.308 e. The van der Waals surface area contributed by atoms with Crippen molar-refractivity contribution in [2.24, 2.45) is 5.84 Å². The first-order valence-electron chi connectivity index (χ1n) is 6.07. The van der Waals surface area contributed by atoms with Crippen LogP contribution in [0.25, 0.3) is 10.9 Å². The van der Waals surface area contributed by atoms with E-state index in [2.05, 4.69) is 25.4 Å². The van der Waals surface area contributed by atoms with Crippen molar-refractivity contribution in [2.45, 2.75) is 15.2 Å². The van der Waals surface area contributed by atoms with Gasteiger partial charge in [-0.1, -0.05) is 30.0 Å². The number of hydrogen-bond acceptors (Lipinski definition) is 8. The number of para-hydroxylation sites is 1. The highest BCUT2D eigenvalue weighted by Gasteiger charge is 2.09. The quantitative estimate of drug-likeness (QED) is 0.249. The summed E-state index contributed by atoms with van der Waals surface area (Å²) in [5, 5.41) is 3.29. The summed E-state index contributed by atoms with van der Waals surface area (Å²) in [4.78, 5) is 17.3. The summed E-state index contributed by atoms with van der Waals surface area (Å²) in [5.74, 6) is 6.02. The van der Waals surface area contributed by atoms with Gasteiger partial charge in [0, 0.05) is 11.5 Å². The van der Waals surface area contributed by atoms with Crippen LogP contribution in [0.1, 0.15) is 0 Å². The van der Waals surface area contributed by atoms with Crippen molar-refractivity contribution in [3.63, 3.8) is 0 Å². The summed E-state index contributed by atoms with van der Waals surface area (Å²) in [6.45, 7) is 0. The Labute approximate surface area is 130 Å². The maximum absolute atomic E-state index is 5.44. The summed E-state index contributed by atoms with van der Waals surface area (Å²) < 4.78 is 0. The lowest BCUT2D eigenvalue weighted by Crippen LogP contribution is -2.09. The summed E-state index contributed by atoms with van der Waals surface area (Å²) >= 11 is 2.93. The number of rotatable bonds is 4. The van der Waals surface area contributed by atoms with Crippen LogP contribution in [0.2, 0.25) is 0 Å². The highest BCUT2D eigenvalue weighted by molar-refractivity contribution is 7.99. The van der Waals surface area contributed by atoms with Crippen molar-refractivity contribution < 1.29 is 0 Å². The zero-order valence-corrected chi connectivity index (χ0v) is 12.8. The van der Waals surface area contributed by atoms with Crippen LogP contribution in [-0.2, 0) is 0 Å². The molecule has 2 aromatic heterocycles. The number of nitrogen functional groups attached to an aromatic ring is 1. The molecule has 0 unspecified atom stereocenters. The Hall–Kier alpha value is -1.90. The van der Waals surface area contributed by atoms with Gasteiger partial charge in [-0.2, -0.15) is 0 Å². The topological polar surface area (TPSA) is 89.6 Å². The van der Waals surface area contributed by atoms with Gasteiger partial charge >= 0.3 is 0 Å². The lowest BCUT2D eigenvalue weighted by Gasteiger charge is -2.07. The maximum Gasteiger partial charge on any atom is 0.190 e. The SMILES string of the molecule is CSc1nc(NN)cc(Sc2ncnc3ccccc23)n1. The van der Waals surface area contributed by atoms with Crippen LogP contribution in [0.5, 0.6) is 0 Å². The van der Waals surface area contributed by atoms with Gasteiger partial charge < -0.3 is 5.43 Å². The third-order valence-corrected chi connectivity index (χ3v) is 4.20. The molecule has 8 heteroatoms. The van der Waals surface area contributed by atoms with E-state index in [-0.39, 0.29) is 0 Å². The Morgan fingerprint density at radius 2 is 2.00 bits per heavy atom. The van der Waals surface area contributed by atoms with E-state index in [0.29, 0.717) is 11.0 Å². The van der Waals surface area contributed by atoms with Crippen LogP contribution >= 0.6 is 23.5 Å². The Morgan fingerprint density at radius 1 is 1.14 bits per heavy atom. The molecule has 2 heterocycles. The second kappa shape index (κ2) is 6.25. The average molecular weight is 316 g/mol. The lowest BCUT2D eigenvalue weighted by atomic mass is 10.2. The minimum atomic E-state index is 0.579. The Morgan fingerprint density at radius 3 is 2.81 bits per heavy atom. The van der Waals surface area contributed by atoms with E-state index in [4.69, 9.17) is 5.84 Å². The van der Waals surface area contributed by atoms with Crippen LogP contribution in [0.4, 0.5) is 5.82 Å². The monoisotopic (exact) mass is 316 g/mol. The fourth-order valence-corrected chi connectivity index (χ4v) is 3.10. The van der Waals surface area contributed by atoms with Gasteiger partial charge in [0.15, 0.2) is 5.16 Å². The Kier molecular flexibility index (Phi) is 4.18. The number of nitrogens with two attached hydrogens (primary N) is 1. The average Bonchev–Trinajstić information content (AvgIpc) is 2.55. The van der Waals surface area contributed by atoms with E-state index < -0.39 is 0 Å². The molecule has 0 bridgehead atoms. The van der Waals surface area contributed by atoms with Crippen LogP contribution in [-0.4, -0.2) is 26.2 Å². The van der Waals surface area contributed by atoms with Crippen molar-refractivity contribution in [3.05, 3.63) is 36.7 Å². The molecule has 3 N–H and O–H groups in total. The molecule has 0 aliphatic heterocycles. The number of nitrogens with one attached hydrogen (secondary N) is 1. The lowest BCUT2D eigenvalue weighted by molar-refractivity contribution is 0.892. The predicted octanol–water partition coefficient (Wildman–Crippen LogP) is 2.58. The second-order valence-electron chi connectivity index (χ2n) is 4.02. The van der Waals surface area contributed by atoms with Gasteiger partial charge in [-0.25, -0.2) is 25.8 Å². The highest BCUT2D eigenvalue weighted by Crippen LogP contribution is 2.31. The number of nitrogens with zero attached hydrogens (tertiary/aromatic N) is 4. The second-order valence-corrected chi connectivity index (χ2v) is 5.80. The standard InChI is InChI=1S/C13H12N6S2/c1-20-13-17-10(19-14)6-11(18-13)21-12-8-4-2-3-5-9(8)15-7-16-12/h2-7H,14H2,1H3,(H,17,18,19). The van der Waals surface area contributed by atoms with Crippen molar-refractivity contribution in [1.82, 2.24) is 19.9 Å². The molecule has 106 valence electrons. The molecule has 1 aromatic carbocycles. The van der Waals surface area contributed by atoms with E-state index >= 15 is 0 Å². The van der Waals surface area contributed by atoms with E-state index in [1.807, 2.05) is 30.5 Å². The number of fused-ring (bicyclic) bond motifs is 1. The van der Waals surface area contributed by atoms with Gasteiger partial charge in [-0.3, -0.25) is 0 Å². The minimum absolute atomic E-state index is 0.579. The van der Waals surface area contributed by atoms with E-state index in [1.165, 1.54) is 23.5 Å². The summed E-state index contributed by atoms with van der Waals surface area (Å²) in [5.41, 5.74) is 3.46. The molecule has 0 fully saturated rings. The van der Waals surface area contributed by atoms with Gasteiger partial charge in [0.2, 0.25) is 0 Å². The molecular weight excluding hydrogens is 304 g/mol. The smallest absolute Gasteiger partial charge is 0.190 e. The molecule has 0 radical (unpaired) electrons. The number of thioether (sulfide) groups is 1. The third kappa shape index (κ3) is 3.07. The molecule has 0 saturated heterocycles. The fourth-order valence-electron chi connectivity index (χ4n) is 1.78. The fraction of sp³-hybridized carbons (Fsp3) is 0.0769. The molecule has 6 nitrogen and oxygen atoms in total. The third-order valence-electron chi connectivity index (χ3n) is 2.72. The summed E-state index contributed by atoms with van der Waals surface area (Å²) in [6.07, 6.45) is 3.48. The normalized spacial score (nSPS) is 10.8. The first-order chi connectivity index (χ1) is 10.3. The van der Waals surface area contributed by atoms with Gasteiger partial charge in [0.05, 0.1) is 5.52 Å². The van der Waals surface area contributed by atoms with Gasteiger partial charge in [0.1, 0.15) is 22.2 Å².